The highest BCUT2D eigenvalue weighted by molar-refractivity contribution is 5.59. The van der Waals surface area contributed by atoms with Gasteiger partial charge >= 0.3 is 0 Å². The van der Waals surface area contributed by atoms with Gasteiger partial charge in [-0.3, -0.25) is 10.1 Å². The molecule has 0 saturated heterocycles. The van der Waals surface area contributed by atoms with Crippen LogP contribution < -0.4 is 5.32 Å². The highest BCUT2D eigenvalue weighted by Gasteiger charge is 2.41. The molecule has 0 bridgehead atoms. The maximum absolute atomic E-state index is 10.8. The molecule has 2 N–H and O–H groups in total. The second-order valence-corrected chi connectivity index (χ2v) is 4.72. The van der Waals surface area contributed by atoms with Crippen LogP contribution >= 0.6 is 0 Å². The molecule has 92 valence electrons. The van der Waals surface area contributed by atoms with E-state index in [4.69, 9.17) is 0 Å². The van der Waals surface area contributed by atoms with Crippen LogP contribution in [-0.4, -0.2) is 23.2 Å². The van der Waals surface area contributed by atoms with Crippen LogP contribution in [0.5, 0.6) is 0 Å². The van der Waals surface area contributed by atoms with Crippen molar-refractivity contribution in [2.75, 3.05) is 18.5 Å². The van der Waals surface area contributed by atoms with E-state index in [9.17, 15) is 15.2 Å². The number of nitrogens with one attached hydrogen (secondary N) is 1. The second-order valence-electron chi connectivity index (χ2n) is 4.72. The molecule has 0 radical (unpaired) electrons. The molecule has 0 heterocycles. The molecule has 1 fully saturated rings. The SMILES string of the molecule is Cc1c(NCC2(CO)CC2)cccc1[N+](=O)[O-]. The molecule has 1 aromatic carbocycles. The zero-order valence-electron chi connectivity index (χ0n) is 9.77. The molecule has 2 rings (SSSR count). The summed E-state index contributed by atoms with van der Waals surface area (Å²) in [4.78, 5) is 10.4. The number of nitro groups is 1. The topological polar surface area (TPSA) is 75.4 Å². The first-order chi connectivity index (χ1) is 8.08. The van der Waals surface area contributed by atoms with Gasteiger partial charge in [0.1, 0.15) is 0 Å². The standard InChI is InChI=1S/C12H16N2O3/c1-9-10(3-2-4-11(9)14(16)17)13-7-12(8-15)5-6-12/h2-4,13,15H,5-8H2,1H3. The fourth-order valence-corrected chi connectivity index (χ4v) is 1.86. The molecule has 0 aromatic heterocycles. The van der Waals surface area contributed by atoms with E-state index in [1.807, 2.05) is 6.07 Å². The minimum atomic E-state index is -0.376. The van der Waals surface area contributed by atoms with Crippen molar-refractivity contribution in [3.8, 4) is 0 Å². The third-order valence-corrected chi connectivity index (χ3v) is 3.45. The van der Waals surface area contributed by atoms with Crippen molar-refractivity contribution in [3.63, 3.8) is 0 Å². The molecule has 5 nitrogen and oxygen atoms in total. The number of benzene rings is 1. The largest absolute Gasteiger partial charge is 0.396 e. The van der Waals surface area contributed by atoms with E-state index >= 15 is 0 Å². The van der Waals surface area contributed by atoms with Crippen molar-refractivity contribution in [2.45, 2.75) is 19.8 Å². The van der Waals surface area contributed by atoms with Gasteiger partial charge in [-0.2, -0.15) is 0 Å². The number of hydrogen-bond acceptors (Lipinski definition) is 4. The Balaban J connectivity index is 2.11. The van der Waals surface area contributed by atoms with Crippen molar-refractivity contribution < 1.29 is 10.0 Å². The second kappa shape index (κ2) is 4.33. The Labute approximate surface area is 99.6 Å². The molecule has 1 saturated carbocycles. The molecule has 0 atom stereocenters. The maximum atomic E-state index is 10.8. The molecule has 0 aliphatic heterocycles. The number of anilines is 1. The van der Waals surface area contributed by atoms with Gasteiger partial charge in [-0.15, -0.1) is 0 Å². The molecule has 1 aliphatic rings. The van der Waals surface area contributed by atoms with Crippen LogP contribution in [0.1, 0.15) is 18.4 Å². The number of hydrogen-bond donors (Lipinski definition) is 2. The number of aliphatic hydroxyl groups excluding tert-OH is 1. The monoisotopic (exact) mass is 236 g/mol. The van der Waals surface area contributed by atoms with Gasteiger partial charge in [0.2, 0.25) is 0 Å². The minimum absolute atomic E-state index is 0.00292. The molecular weight excluding hydrogens is 220 g/mol. The zero-order valence-corrected chi connectivity index (χ0v) is 9.77. The Morgan fingerprint density at radius 3 is 2.76 bits per heavy atom. The molecule has 17 heavy (non-hydrogen) atoms. The highest BCUT2D eigenvalue weighted by atomic mass is 16.6. The van der Waals surface area contributed by atoms with E-state index in [1.54, 1.807) is 13.0 Å². The smallest absolute Gasteiger partial charge is 0.274 e. The summed E-state index contributed by atoms with van der Waals surface area (Å²) >= 11 is 0. The van der Waals surface area contributed by atoms with E-state index < -0.39 is 0 Å². The van der Waals surface area contributed by atoms with E-state index in [0.29, 0.717) is 12.1 Å². The quantitative estimate of drug-likeness (QED) is 0.606. The Morgan fingerprint density at radius 1 is 1.53 bits per heavy atom. The Kier molecular flexibility index (Phi) is 3.02. The van der Waals surface area contributed by atoms with Gasteiger partial charge in [-0.05, 0) is 25.8 Å². The van der Waals surface area contributed by atoms with Gasteiger partial charge in [0.25, 0.3) is 5.69 Å². The maximum Gasteiger partial charge on any atom is 0.274 e. The van der Waals surface area contributed by atoms with Gasteiger partial charge in [0.15, 0.2) is 0 Å². The van der Waals surface area contributed by atoms with Gasteiger partial charge in [0, 0.05) is 29.3 Å². The van der Waals surface area contributed by atoms with Crippen molar-refractivity contribution in [1.29, 1.82) is 0 Å². The molecule has 5 heteroatoms. The molecule has 0 unspecified atom stereocenters. The first-order valence-electron chi connectivity index (χ1n) is 5.67. The van der Waals surface area contributed by atoms with Crippen LogP contribution in [-0.2, 0) is 0 Å². The first kappa shape index (κ1) is 11.9. The summed E-state index contributed by atoms with van der Waals surface area (Å²) in [5, 5.41) is 23.2. The van der Waals surface area contributed by atoms with Gasteiger partial charge in [-0.1, -0.05) is 6.07 Å². The summed E-state index contributed by atoms with van der Waals surface area (Å²) in [6, 6.07) is 5.00. The highest BCUT2D eigenvalue weighted by Crippen LogP contribution is 2.45. The lowest BCUT2D eigenvalue weighted by Gasteiger charge is -2.15. The zero-order chi connectivity index (χ0) is 12.5. The van der Waals surface area contributed by atoms with Gasteiger partial charge < -0.3 is 10.4 Å². The molecule has 0 spiro atoms. The van der Waals surface area contributed by atoms with Crippen molar-refractivity contribution in [2.24, 2.45) is 5.41 Å². The summed E-state index contributed by atoms with van der Waals surface area (Å²) in [5.74, 6) is 0. The van der Waals surface area contributed by atoms with Gasteiger partial charge in [0.05, 0.1) is 11.5 Å². The number of nitrogens with zero attached hydrogens (tertiary/aromatic N) is 1. The van der Waals surface area contributed by atoms with Crippen molar-refractivity contribution in [3.05, 3.63) is 33.9 Å². The predicted octanol–water partition coefficient (Wildman–Crippen LogP) is 2.09. The van der Waals surface area contributed by atoms with Crippen LogP contribution in [0.25, 0.3) is 0 Å². The van der Waals surface area contributed by atoms with Crippen LogP contribution in [0.15, 0.2) is 18.2 Å². The fraction of sp³-hybridized carbons (Fsp3) is 0.500. The van der Waals surface area contributed by atoms with Crippen LogP contribution in [0.2, 0.25) is 0 Å². The van der Waals surface area contributed by atoms with E-state index in [-0.39, 0.29) is 22.6 Å². The summed E-state index contributed by atoms with van der Waals surface area (Å²) in [7, 11) is 0. The van der Waals surface area contributed by atoms with Crippen LogP contribution in [0.4, 0.5) is 11.4 Å². The average Bonchev–Trinajstić information content (AvgIpc) is 3.08. The van der Waals surface area contributed by atoms with Crippen molar-refractivity contribution >= 4 is 11.4 Å². The first-order valence-corrected chi connectivity index (χ1v) is 5.67. The summed E-state index contributed by atoms with van der Waals surface area (Å²) < 4.78 is 0. The normalized spacial score (nSPS) is 16.6. The molecular formula is C12H16N2O3. The third-order valence-electron chi connectivity index (χ3n) is 3.45. The number of aliphatic hydroxyl groups is 1. The fourth-order valence-electron chi connectivity index (χ4n) is 1.86. The van der Waals surface area contributed by atoms with E-state index in [1.165, 1.54) is 6.07 Å². The minimum Gasteiger partial charge on any atom is -0.396 e. The molecule has 1 aliphatic carbocycles. The Hall–Kier alpha value is -1.62. The Morgan fingerprint density at radius 2 is 2.24 bits per heavy atom. The van der Waals surface area contributed by atoms with Gasteiger partial charge in [-0.25, -0.2) is 0 Å². The lowest BCUT2D eigenvalue weighted by atomic mass is 10.1. The predicted molar refractivity (Wildman–Crippen MR) is 65.1 cm³/mol. The number of nitro benzene ring substituents is 1. The third kappa shape index (κ3) is 2.39. The molecule has 0 amide bonds. The van der Waals surface area contributed by atoms with Crippen molar-refractivity contribution in [1.82, 2.24) is 0 Å². The van der Waals surface area contributed by atoms with E-state index in [0.717, 1.165) is 18.5 Å². The molecule has 1 aromatic rings. The van der Waals surface area contributed by atoms with Crippen LogP contribution in [0.3, 0.4) is 0 Å². The number of rotatable bonds is 5. The lowest BCUT2D eigenvalue weighted by molar-refractivity contribution is -0.385. The summed E-state index contributed by atoms with van der Waals surface area (Å²) in [6.45, 7) is 2.58. The average molecular weight is 236 g/mol. The Bertz CT molecular complexity index is 441. The summed E-state index contributed by atoms with van der Waals surface area (Å²) in [6.07, 6.45) is 2.04. The van der Waals surface area contributed by atoms with E-state index in [2.05, 4.69) is 5.32 Å². The van der Waals surface area contributed by atoms with Crippen LogP contribution in [0, 0.1) is 22.5 Å². The summed E-state index contributed by atoms with van der Waals surface area (Å²) in [5.41, 5.74) is 1.55. The lowest BCUT2D eigenvalue weighted by Crippen LogP contribution is -2.19.